The first-order chi connectivity index (χ1) is 9.13. The van der Waals surface area contributed by atoms with Crippen LogP contribution in [0.15, 0.2) is 42.5 Å². The van der Waals surface area contributed by atoms with Crippen molar-refractivity contribution in [3.63, 3.8) is 0 Å². The highest BCUT2D eigenvalue weighted by Crippen LogP contribution is 2.30. The predicted molar refractivity (Wildman–Crippen MR) is 77.6 cm³/mol. The second-order valence-corrected chi connectivity index (χ2v) is 4.51. The summed E-state index contributed by atoms with van der Waals surface area (Å²) in [6.45, 7) is 1.98. The standard InChI is InChI=1S/C16H19NO2/c1-11(17)12-4-6-13(7-5-12)14-8-15(18-2)10-16(9-14)19-3/h4-11H,17H2,1-3H3. The Morgan fingerprint density at radius 2 is 1.37 bits per heavy atom. The molecule has 19 heavy (non-hydrogen) atoms. The first-order valence-corrected chi connectivity index (χ1v) is 6.23. The third-order valence-electron chi connectivity index (χ3n) is 3.12. The van der Waals surface area contributed by atoms with Gasteiger partial charge >= 0.3 is 0 Å². The van der Waals surface area contributed by atoms with Crippen LogP contribution in [0.25, 0.3) is 11.1 Å². The van der Waals surface area contributed by atoms with Gasteiger partial charge in [0, 0.05) is 12.1 Å². The minimum Gasteiger partial charge on any atom is -0.497 e. The molecule has 100 valence electrons. The summed E-state index contributed by atoms with van der Waals surface area (Å²) in [5, 5.41) is 0. The Morgan fingerprint density at radius 1 is 0.842 bits per heavy atom. The second kappa shape index (κ2) is 5.76. The molecule has 2 aromatic carbocycles. The molecule has 0 amide bonds. The molecule has 0 saturated carbocycles. The molecule has 0 saturated heterocycles. The molecule has 2 aromatic rings. The van der Waals surface area contributed by atoms with E-state index < -0.39 is 0 Å². The van der Waals surface area contributed by atoms with E-state index in [-0.39, 0.29) is 6.04 Å². The van der Waals surface area contributed by atoms with Crippen molar-refractivity contribution in [3.05, 3.63) is 48.0 Å². The van der Waals surface area contributed by atoms with Crippen molar-refractivity contribution >= 4 is 0 Å². The number of methoxy groups -OCH3 is 2. The average molecular weight is 257 g/mol. The quantitative estimate of drug-likeness (QED) is 0.913. The summed E-state index contributed by atoms with van der Waals surface area (Å²) in [6.07, 6.45) is 0. The summed E-state index contributed by atoms with van der Waals surface area (Å²) in [5.41, 5.74) is 9.15. The van der Waals surface area contributed by atoms with Crippen LogP contribution < -0.4 is 15.2 Å². The lowest BCUT2D eigenvalue weighted by Crippen LogP contribution is -2.04. The van der Waals surface area contributed by atoms with E-state index in [4.69, 9.17) is 15.2 Å². The summed E-state index contributed by atoms with van der Waals surface area (Å²) in [7, 11) is 3.30. The lowest BCUT2D eigenvalue weighted by atomic mass is 10.0. The Kier molecular flexibility index (Phi) is 4.07. The van der Waals surface area contributed by atoms with Crippen molar-refractivity contribution < 1.29 is 9.47 Å². The minimum absolute atomic E-state index is 0.0499. The zero-order valence-corrected chi connectivity index (χ0v) is 11.5. The van der Waals surface area contributed by atoms with Gasteiger partial charge in [-0.15, -0.1) is 0 Å². The fraction of sp³-hybridized carbons (Fsp3) is 0.250. The van der Waals surface area contributed by atoms with Gasteiger partial charge in [-0.2, -0.15) is 0 Å². The first kappa shape index (κ1) is 13.4. The van der Waals surface area contributed by atoms with Crippen molar-refractivity contribution in [3.8, 4) is 22.6 Å². The molecule has 2 N–H and O–H groups in total. The second-order valence-electron chi connectivity index (χ2n) is 4.51. The maximum Gasteiger partial charge on any atom is 0.123 e. The Balaban J connectivity index is 2.40. The van der Waals surface area contributed by atoms with E-state index >= 15 is 0 Å². The van der Waals surface area contributed by atoms with E-state index in [0.29, 0.717) is 0 Å². The van der Waals surface area contributed by atoms with Gasteiger partial charge in [0.05, 0.1) is 14.2 Å². The van der Waals surface area contributed by atoms with Crippen molar-refractivity contribution in [2.75, 3.05) is 14.2 Å². The molecule has 0 radical (unpaired) electrons. The highest BCUT2D eigenvalue weighted by atomic mass is 16.5. The van der Waals surface area contributed by atoms with Crippen molar-refractivity contribution in [2.45, 2.75) is 13.0 Å². The Morgan fingerprint density at radius 3 is 1.79 bits per heavy atom. The van der Waals surface area contributed by atoms with Gasteiger partial charge in [0.1, 0.15) is 11.5 Å². The number of rotatable bonds is 4. The van der Waals surface area contributed by atoms with Gasteiger partial charge in [0.15, 0.2) is 0 Å². The van der Waals surface area contributed by atoms with Gasteiger partial charge in [-0.3, -0.25) is 0 Å². The summed E-state index contributed by atoms with van der Waals surface area (Å²) in [4.78, 5) is 0. The molecular formula is C16H19NO2. The molecule has 3 heteroatoms. The zero-order chi connectivity index (χ0) is 13.8. The smallest absolute Gasteiger partial charge is 0.123 e. The minimum atomic E-state index is 0.0499. The van der Waals surface area contributed by atoms with Crippen molar-refractivity contribution in [2.24, 2.45) is 5.73 Å². The zero-order valence-electron chi connectivity index (χ0n) is 11.5. The molecule has 0 aliphatic rings. The van der Waals surface area contributed by atoms with E-state index in [1.807, 2.05) is 37.3 Å². The maximum absolute atomic E-state index is 5.85. The molecular weight excluding hydrogens is 238 g/mol. The molecule has 0 aromatic heterocycles. The molecule has 1 atom stereocenters. The van der Waals surface area contributed by atoms with Gasteiger partial charge in [0.2, 0.25) is 0 Å². The van der Waals surface area contributed by atoms with E-state index in [1.165, 1.54) is 0 Å². The highest BCUT2D eigenvalue weighted by molar-refractivity contribution is 5.67. The van der Waals surface area contributed by atoms with Gasteiger partial charge in [0.25, 0.3) is 0 Å². The van der Waals surface area contributed by atoms with E-state index in [2.05, 4.69) is 12.1 Å². The summed E-state index contributed by atoms with van der Waals surface area (Å²) in [5.74, 6) is 1.57. The van der Waals surface area contributed by atoms with Gasteiger partial charge in [-0.05, 0) is 35.7 Å². The highest BCUT2D eigenvalue weighted by Gasteiger charge is 2.05. The predicted octanol–water partition coefficient (Wildman–Crippen LogP) is 3.39. The van der Waals surface area contributed by atoms with Crippen LogP contribution in [0.1, 0.15) is 18.5 Å². The number of hydrogen-bond acceptors (Lipinski definition) is 3. The first-order valence-electron chi connectivity index (χ1n) is 6.23. The molecule has 0 spiro atoms. The molecule has 0 fully saturated rings. The largest absolute Gasteiger partial charge is 0.497 e. The van der Waals surface area contributed by atoms with Crippen molar-refractivity contribution in [1.82, 2.24) is 0 Å². The molecule has 2 rings (SSSR count). The fourth-order valence-corrected chi connectivity index (χ4v) is 1.95. The molecule has 0 aliphatic carbocycles. The van der Waals surface area contributed by atoms with Crippen LogP contribution in [-0.4, -0.2) is 14.2 Å². The normalized spacial score (nSPS) is 12.0. The van der Waals surface area contributed by atoms with E-state index in [9.17, 15) is 0 Å². The maximum atomic E-state index is 5.85. The summed E-state index contributed by atoms with van der Waals surface area (Å²) >= 11 is 0. The molecule has 0 aliphatic heterocycles. The molecule has 0 heterocycles. The SMILES string of the molecule is COc1cc(OC)cc(-c2ccc(C(C)N)cc2)c1. The molecule has 1 unspecified atom stereocenters. The van der Waals surface area contributed by atoms with Gasteiger partial charge in [-0.25, -0.2) is 0 Å². The Labute approximate surface area is 114 Å². The van der Waals surface area contributed by atoms with Crippen LogP contribution in [-0.2, 0) is 0 Å². The third-order valence-corrected chi connectivity index (χ3v) is 3.12. The third kappa shape index (κ3) is 3.06. The fourth-order valence-electron chi connectivity index (χ4n) is 1.95. The van der Waals surface area contributed by atoms with Crippen LogP contribution in [0.2, 0.25) is 0 Å². The van der Waals surface area contributed by atoms with Crippen LogP contribution >= 0.6 is 0 Å². The molecule has 0 bridgehead atoms. The summed E-state index contributed by atoms with van der Waals surface area (Å²) < 4.78 is 10.6. The van der Waals surface area contributed by atoms with E-state index in [1.54, 1.807) is 14.2 Å². The molecule has 3 nitrogen and oxygen atoms in total. The number of ether oxygens (including phenoxy) is 2. The number of benzene rings is 2. The van der Waals surface area contributed by atoms with Gasteiger partial charge < -0.3 is 15.2 Å². The monoisotopic (exact) mass is 257 g/mol. The van der Waals surface area contributed by atoms with Crippen LogP contribution in [0.3, 0.4) is 0 Å². The van der Waals surface area contributed by atoms with Gasteiger partial charge in [-0.1, -0.05) is 24.3 Å². The average Bonchev–Trinajstić information content (AvgIpc) is 2.46. The van der Waals surface area contributed by atoms with Crippen LogP contribution in [0, 0.1) is 0 Å². The Bertz CT molecular complexity index is 525. The number of hydrogen-bond donors (Lipinski definition) is 1. The number of nitrogens with two attached hydrogens (primary N) is 1. The topological polar surface area (TPSA) is 44.5 Å². The van der Waals surface area contributed by atoms with Crippen LogP contribution in [0.4, 0.5) is 0 Å². The van der Waals surface area contributed by atoms with Crippen molar-refractivity contribution in [1.29, 1.82) is 0 Å². The summed E-state index contributed by atoms with van der Waals surface area (Å²) in [6, 6.07) is 14.1. The lowest BCUT2D eigenvalue weighted by Gasteiger charge is -2.10. The van der Waals surface area contributed by atoms with Crippen LogP contribution in [0.5, 0.6) is 11.5 Å². The lowest BCUT2D eigenvalue weighted by molar-refractivity contribution is 0.394. The Hall–Kier alpha value is -2.00. The van der Waals surface area contributed by atoms with E-state index in [0.717, 1.165) is 28.2 Å².